The molecule has 28 heavy (non-hydrogen) atoms. The van der Waals surface area contributed by atoms with Crippen molar-refractivity contribution in [2.24, 2.45) is 0 Å². The average molecular weight is 449 g/mol. The van der Waals surface area contributed by atoms with E-state index in [-0.39, 0.29) is 27.6 Å². The van der Waals surface area contributed by atoms with Crippen LogP contribution in [0.4, 0.5) is 4.39 Å². The lowest BCUT2D eigenvalue weighted by Crippen LogP contribution is -2.30. The predicted octanol–water partition coefficient (Wildman–Crippen LogP) is 4.45. The number of nitrogens with one attached hydrogen (secondary N) is 1. The van der Waals surface area contributed by atoms with Crippen LogP contribution in [0.25, 0.3) is 11.1 Å². The number of rotatable bonds is 7. The molecule has 0 aliphatic rings. The van der Waals surface area contributed by atoms with Crippen LogP contribution in [-0.4, -0.2) is 31.7 Å². The molecule has 0 aliphatic carbocycles. The Kier molecular flexibility index (Phi) is 7.25. The van der Waals surface area contributed by atoms with Crippen molar-refractivity contribution >= 4 is 39.1 Å². The second kappa shape index (κ2) is 9.07. The van der Waals surface area contributed by atoms with Gasteiger partial charge in [0, 0.05) is 22.3 Å². The molecule has 1 aromatic heterocycles. The summed E-state index contributed by atoms with van der Waals surface area (Å²) >= 11 is 12.4. The SMILES string of the molecule is CCC(CC)Oc1ncc(-c2cc(F)c(C(=O)NS(C)(=O)=O)cc2Cl)cc1Cl. The Morgan fingerprint density at radius 3 is 2.39 bits per heavy atom. The number of pyridine rings is 1. The average Bonchev–Trinajstić information content (AvgIpc) is 2.60. The molecule has 2 aromatic rings. The van der Waals surface area contributed by atoms with Gasteiger partial charge in [-0.2, -0.15) is 0 Å². The van der Waals surface area contributed by atoms with Gasteiger partial charge < -0.3 is 4.74 Å². The third-order valence-corrected chi connectivity index (χ3v) is 5.03. The zero-order chi connectivity index (χ0) is 21.1. The van der Waals surface area contributed by atoms with Crippen LogP contribution in [0.15, 0.2) is 24.4 Å². The first-order valence-corrected chi connectivity index (χ1v) is 11.0. The van der Waals surface area contributed by atoms with Gasteiger partial charge in [-0.15, -0.1) is 0 Å². The summed E-state index contributed by atoms with van der Waals surface area (Å²) in [5, 5.41) is 0.270. The molecule has 0 radical (unpaired) electrons. The maximum absolute atomic E-state index is 14.4. The number of halogens is 3. The number of amides is 1. The number of hydrogen-bond acceptors (Lipinski definition) is 5. The van der Waals surface area contributed by atoms with Crippen molar-refractivity contribution < 1.29 is 22.3 Å². The molecule has 1 aromatic carbocycles. The van der Waals surface area contributed by atoms with Gasteiger partial charge in [-0.3, -0.25) is 4.79 Å². The van der Waals surface area contributed by atoms with E-state index in [1.807, 2.05) is 13.8 Å². The highest BCUT2D eigenvalue weighted by Crippen LogP contribution is 2.34. The van der Waals surface area contributed by atoms with Gasteiger partial charge in [-0.05, 0) is 31.0 Å². The van der Waals surface area contributed by atoms with Gasteiger partial charge in [0.25, 0.3) is 5.91 Å². The van der Waals surface area contributed by atoms with Crippen LogP contribution in [0.3, 0.4) is 0 Å². The van der Waals surface area contributed by atoms with Gasteiger partial charge in [0.1, 0.15) is 10.8 Å². The molecule has 2 rings (SSSR count). The summed E-state index contributed by atoms with van der Waals surface area (Å²) in [6.07, 6.45) is 3.79. The number of benzene rings is 1. The minimum absolute atomic E-state index is 0.0236. The number of carbonyl (C=O) groups is 1. The fourth-order valence-electron chi connectivity index (χ4n) is 2.44. The summed E-state index contributed by atoms with van der Waals surface area (Å²) < 4.78 is 44.1. The van der Waals surface area contributed by atoms with E-state index >= 15 is 0 Å². The first-order valence-electron chi connectivity index (χ1n) is 8.39. The zero-order valence-electron chi connectivity index (χ0n) is 15.4. The smallest absolute Gasteiger partial charge is 0.267 e. The largest absolute Gasteiger partial charge is 0.473 e. The highest BCUT2D eigenvalue weighted by atomic mass is 35.5. The topological polar surface area (TPSA) is 85.4 Å². The number of hydrogen-bond donors (Lipinski definition) is 1. The number of ether oxygens (including phenoxy) is 1. The van der Waals surface area contributed by atoms with Crippen LogP contribution in [0.5, 0.6) is 5.88 Å². The van der Waals surface area contributed by atoms with Crippen molar-refractivity contribution in [3.05, 3.63) is 45.8 Å². The fourth-order valence-corrected chi connectivity index (χ4v) is 3.37. The Hall–Kier alpha value is -1.90. The molecule has 0 aliphatic heterocycles. The third kappa shape index (κ3) is 5.56. The van der Waals surface area contributed by atoms with Crippen molar-refractivity contribution in [2.45, 2.75) is 32.8 Å². The minimum Gasteiger partial charge on any atom is -0.473 e. The summed E-state index contributed by atoms with van der Waals surface area (Å²) in [5.41, 5.74) is 0.173. The quantitative estimate of drug-likeness (QED) is 0.675. The highest BCUT2D eigenvalue weighted by Gasteiger charge is 2.20. The van der Waals surface area contributed by atoms with Crippen molar-refractivity contribution in [2.75, 3.05) is 6.26 Å². The van der Waals surface area contributed by atoms with Gasteiger partial charge in [0.05, 0.1) is 17.9 Å². The molecule has 0 unspecified atom stereocenters. The molecule has 0 fully saturated rings. The zero-order valence-corrected chi connectivity index (χ0v) is 17.8. The second-order valence-electron chi connectivity index (χ2n) is 6.08. The Labute approximate surface area is 173 Å². The summed E-state index contributed by atoms with van der Waals surface area (Å²) in [5.74, 6) is -1.78. The van der Waals surface area contributed by atoms with Crippen molar-refractivity contribution in [1.82, 2.24) is 9.71 Å². The van der Waals surface area contributed by atoms with E-state index < -0.39 is 27.3 Å². The molecule has 1 heterocycles. The van der Waals surface area contributed by atoms with Crippen molar-refractivity contribution in [3.63, 3.8) is 0 Å². The monoisotopic (exact) mass is 448 g/mol. The maximum atomic E-state index is 14.4. The van der Waals surface area contributed by atoms with Crippen LogP contribution in [0.2, 0.25) is 10.0 Å². The van der Waals surface area contributed by atoms with E-state index in [0.29, 0.717) is 5.56 Å². The maximum Gasteiger partial charge on any atom is 0.267 e. The Morgan fingerprint density at radius 1 is 1.21 bits per heavy atom. The second-order valence-corrected chi connectivity index (χ2v) is 8.65. The molecule has 0 atom stereocenters. The molecule has 10 heteroatoms. The van der Waals surface area contributed by atoms with Gasteiger partial charge >= 0.3 is 0 Å². The van der Waals surface area contributed by atoms with E-state index in [0.717, 1.165) is 31.2 Å². The van der Waals surface area contributed by atoms with Gasteiger partial charge in [0.15, 0.2) is 0 Å². The van der Waals surface area contributed by atoms with Gasteiger partial charge in [0.2, 0.25) is 15.9 Å². The lowest BCUT2D eigenvalue weighted by molar-refractivity contribution is 0.0978. The van der Waals surface area contributed by atoms with E-state index in [9.17, 15) is 17.6 Å². The molecular formula is C18H19Cl2FN2O4S. The highest BCUT2D eigenvalue weighted by molar-refractivity contribution is 7.89. The normalized spacial score (nSPS) is 11.5. The molecule has 1 amide bonds. The van der Waals surface area contributed by atoms with Crippen LogP contribution in [-0.2, 0) is 10.0 Å². The number of nitrogens with zero attached hydrogens (tertiary/aromatic N) is 1. The lowest BCUT2D eigenvalue weighted by Gasteiger charge is -2.16. The van der Waals surface area contributed by atoms with E-state index in [1.165, 1.54) is 12.3 Å². The van der Waals surface area contributed by atoms with Crippen molar-refractivity contribution in [3.8, 4) is 17.0 Å². The van der Waals surface area contributed by atoms with Crippen LogP contribution in [0.1, 0.15) is 37.0 Å². The number of carbonyl (C=O) groups excluding carboxylic acids is 1. The molecule has 6 nitrogen and oxygen atoms in total. The molecule has 0 saturated carbocycles. The summed E-state index contributed by atoms with van der Waals surface area (Å²) in [6.45, 7) is 3.97. The van der Waals surface area contributed by atoms with Crippen LogP contribution < -0.4 is 9.46 Å². The molecule has 1 N–H and O–H groups in total. The molecule has 0 bridgehead atoms. The minimum atomic E-state index is -3.84. The summed E-state index contributed by atoms with van der Waals surface area (Å²) in [6, 6.07) is 3.60. The van der Waals surface area contributed by atoms with Crippen LogP contribution >= 0.6 is 23.2 Å². The Balaban J connectivity index is 2.37. The molecular weight excluding hydrogens is 430 g/mol. The van der Waals surface area contributed by atoms with Gasteiger partial charge in [-0.1, -0.05) is 37.0 Å². The lowest BCUT2D eigenvalue weighted by atomic mass is 10.0. The Bertz CT molecular complexity index is 995. The molecule has 0 saturated heterocycles. The molecule has 0 spiro atoms. The van der Waals surface area contributed by atoms with Crippen molar-refractivity contribution in [1.29, 1.82) is 0 Å². The van der Waals surface area contributed by atoms with E-state index in [1.54, 1.807) is 4.72 Å². The number of sulfonamides is 1. The number of aromatic nitrogens is 1. The Morgan fingerprint density at radius 2 is 1.86 bits per heavy atom. The van der Waals surface area contributed by atoms with E-state index in [2.05, 4.69) is 4.98 Å². The predicted molar refractivity (Wildman–Crippen MR) is 107 cm³/mol. The standard InChI is InChI=1S/C18H19Cl2FN2O4S/c1-4-11(5-2)27-18-15(20)6-10(9-22-18)12-8-16(21)13(7-14(12)19)17(24)23-28(3,25)26/h6-9,11H,4-5H2,1-3H3,(H,23,24). The fraction of sp³-hybridized carbons (Fsp3) is 0.333. The molecule has 152 valence electrons. The summed E-state index contributed by atoms with van der Waals surface area (Å²) in [7, 11) is -3.84. The van der Waals surface area contributed by atoms with Gasteiger partial charge in [-0.25, -0.2) is 22.5 Å². The first kappa shape index (κ1) is 22.4. The first-order chi connectivity index (χ1) is 13.1. The van der Waals surface area contributed by atoms with Crippen LogP contribution in [0, 0.1) is 5.82 Å². The van der Waals surface area contributed by atoms with E-state index in [4.69, 9.17) is 27.9 Å². The third-order valence-electron chi connectivity index (χ3n) is 3.89. The summed E-state index contributed by atoms with van der Waals surface area (Å²) in [4.78, 5) is 16.1.